The Morgan fingerprint density at radius 1 is 0.929 bits per heavy atom. The number of rotatable bonds is 5. The molecule has 1 aliphatic rings. The van der Waals surface area contributed by atoms with E-state index in [1.165, 1.54) is 17.4 Å². The first-order chi connectivity index (χ1) is 13.5. The van der Waals surface area contributed by atoms with Crippen LogP contribution in [0.4, 0.5) is 0 Å². The molecular weight excluding hydrogens is 395 g/mol. The third kappa shape index (κ3) is 3.75. The summed E-state index contributed by atoms with van der Waals surface area (Å²) >= 11 is 12.1. The van der Waals surface area contributed by atoms with Gasteiger partial charge in [-0.25, -0.2) is 0 Å². The first-order valence-electron chi connectivity index (χ1n) is 9.48. The minimum atomic E-state index is -0.163. The van der Waals surface area contributed by atoms with E-state index in [0.29, 0.717) is 22.0 Å². The second kappa shape index (κ2) is 8.11. The Hall–Kier alpha value is -2.08. The fourth-order valence-corrected chi connectivity index (χ4v) is 4.15. The standard InChI is InChI=1S/C21H22Cl2N4O/c22-17-8-7-15(13-18(17)23)14-27-20(28)16-5-1-2-6-19(16)26(21(27)24)12-11-25-9-3-4-10-25/h1-2,5-8,13,24H,3-4,9-12,14H2. The van der Waals surface area contributed by atoms with Crippen molar-refractivity contribution in [1.82, 2.24) is 14.0 Å². The van der Waals surface area contributed by atoms with Crippen molar-refractivity contribution in [2.45, 2.75) is 25.9 Å². The fourth-order valence-electron chi connectivity index (χ4n) is 3.83. The van der Waals surface area contributed by atoms with Gasteiger partial charge >= 0.3 is 0 Å². The molecule has 0 unspecified atom stereocenters. The number of para-hydroxylation sites is 1. The highest BCUT2D eigenvalue weighted by molar-refractivity contribution is 6.42. The van der Waals surface area contributed by atoms with Gasteiger partial charge in [-0.15, -0.1) is 0 Å². The molecule has 0 radical (unpaired) electrons. The number of likely N-dealkylation sites (tertiary alicyclic amines) is 1. The third-order valence-electron chi connectivity index (χ3n) is 5.34. The van der Waals surface area contributed by atoms with Crippen LogP contribution in [-0.2, 0) is 13.1 Å². The van der Waals surface area contributed by atoms with Gasteiger partial charge in [0.25, 0.3) is 5.56 Å². The van der Waals surface area contributed by atoms with Crippen molar-refractivity contribution in [2.75, 3.05) is 19.6 Å². The van der Waals surface area contributed by atoms with E-state index in [4.69, 9.17) is 28.6 Å². The summed E-state index contributed by atoms with van der Waals surface area (Å²) in [6.07, 6.45) is 2.46. The van der Waals surface area contributed by atoms with Gasteiger partial charge in [0.05, 0.1) is 27.5 Å². The minimum absolute atomic E-state index is 0.163. The highest BCUT2D eigenvalue weighted by Crippen LogP contribution is 2.22. The Labute approximate surface area is 173 Å². The second-order valence-electron chi connectivity index (χ2n) is 7.18. The normalized spacial score (nSPS) is 14.8. The van der Waals surface area contributed by atoms with Gasteiger partial charge < -0.3 is 9.47 Å². The third-order valence-corrected chi connectivity index (χ3v) is 6.08. The summed E-state index contributed by atoms with van der Waals surface area (Å²) in [5.41, 5.74) is 1.69. The summed E-state index contributed by atoms with van der Waals surface area (Å²) in [5, 5.41) is 10.3. The Balaban J connectivity index is 1.78. The molecule has 1 N–H and O–H groups in total. The molecule has 0 saturated carbocycles. The van der Waals surface area contributed by atoms with Crippen molar-refractivity contribution in [3.63, 3.8) is 0 Å². The molecular formula is C21H22Cl2N4O. The van der Waals surface area contributed by atoms with Gasteiger partial charge in [0.2, 0.25) is 5.62 Å². The van der Waals surface area contributed by atoms with Crippen molar-refractivity contribution in [3.8, 4) is 0 Å². The van der Waals surface area contributed by atoms with Crippen molar-refractivity contribution in [1.29, 1.82) is 5.41 Å². The lowest BCUT2D eigenvalue weighted by Gasteiger charge is -2.19. The molecule has 28 heavy (non-hydrogen) atoms. The first kappa shape index (κ1) is 19.2. The van der Waals surface area contributed by atoms with Crippen LogP contribution in [0.15, 0.2) is 47.3 Å². The molecule has 2 aromatic carbocycles. The number of nitrogens with one attached hydrogen (secondary N) is 1. The monoisotopic (exact) mass is 416 g/mol. The van der Waals surface area contributed by atoms with Crippen molar-refractivity contribution < 1.29 is 0 Å². The van der Waals surface area contributed by atoms with Gasteiger partial charge in [-0.1, -0.05) is 41.4 Å². The van der Waals surface area contributed by atoms with Crippen molar-refractivity contribution >= 4 is 34.1 Å². The molecule has 0 amide bonds. The summed E-state index contributed by atoms with van der Waals surface area (Å²) in [7, 11) is 0. The quantitative estimate of drug-likeness (QED) is 0.688. The number of hydrogen-bond donors (Lipinski definition) is 1. The van der Waals surface area contributed by atoms with Crippen LogP contribution in [-0.4, -0.2) is 33.7 Å². The predicted octanol–water partition coefficient (Wildman–Crippen LogP) is 3.73. The van der Waals surface area contributed by atoms with Gasteiger partial charge in [-0.3, -0.25) is 14.8 Å². The number of aromatic nitrogens is 2. The Bertz CT molecular complexity index is 1130. The summed E-state index contributed by atoms with van der Waals surface area (Å²) in [4.78, 5) is 15.5. The van der Waals surface area contributed by atoms with Crippen molar-refractivity contribution in [3.05, 3.63) is 74.0 Å². The van der Waals surface area contributed by atoms with Crippen LogP contribution in [0.1, 0.15) is 18.4 Å². The molecule has 0 bridgehead atoms. The SMILES string of the molecule is N=c1n(Cc2ccc(Cl)c(Cl)c2)c(=O)c2ccccc2n1CCN1CCCC1. The number of nitrogens with zero attached hydrogens (tertiary/aromatic N) is 3. The lowest BCUT2D eigenvalue weighted by atomic mass is 10.2. The Morgan fingerprint density at radius 3 is 2.43 bits per heavy atom. The molecule has 3 aromatic rings. The van der Waals surface area contributed by atoms with Crippen LogP contribution in [0, 0.1) is 5.41 Å². The molecule has 0 spiro atoms. The average Bonchev–Trinajstić information content (AvgIpc) is 3.21. The molecule has 146 valence electrons. The van der Waals surface area contributed by atoms with Crippen LogP contribution in [0.3, 0.4) is 0 Å². The van der Waals surface area contributed by atoms with Crippen molar-refractivity contribution in [2.24, 2.45) is 0 Å². The molecule has 5 nitrogen and oxygen atoms in total. The molecule has 1 saturated heterocycles. The van der Waals surface area contributed by atoms with Crippen LogP contribution in [0.2, 0.25) is 10.0 Å². The second-order valence-corrected chi connectivity index (χ2v) is 8.00. The number of hydrogen-bond acceptors (Lipinski definition) is 3. The molecule has 2 heterocycles. The zero-order chi connectivity index (χ0) is 19.7. The van der Waals surface area contributed by atoms with E-state index < -0.39 is 0 Å². The van der Waals surface area contributed by atoms with E-state index in [0.717, 1.165) is 30.7 Å². The molecule has 4 rings (SSSR count). The fraction of sp³-hybridized carbons (Fsp3) is 0.333. The maximum atomic E-state index is 13.1. The molecule has 0 atom stereocenters. The lowest BCUT2D eigenvalue weighted by molar-refractivity contribution is 0.319. The molecule has 0 aliphatic carbocycles. The van der Waals surface area contributed by atoms with Crippen LogP contribution in [0.5, 0.6) is 0 Å². The van der Waals surface area contributed by atoms with E-state index in [1.807, 2.05) is 34.9 Å². The maximum absolute atomic E-state index is 13.1. The number of halogens is 2. The summed E-state index contributed by atoms with van der Waals surface area (Å²) < 4.78 is 3.44. The zero-order valence-electron chi connectivity index (χ0n) is 15.5. The Morgan fingerprint density at radius 2 is 1.68 bits per heavy atom. The highest BCUT2D eigenvalue weighted by Gasteiger charge is 2.15. The van der Waals surface area contributed by atoms with E-state index in [9.17, 15) is 4.79 Å². The highest BCUT2D eigenvalue weighted by atomic mass is 35.5. The minimum Gasteiger partial charge on any atom is -0.310 e. The van der Waals surface area contributed by atoms with Gasteiger partial charge in [0.1, 0.15) is 0 Å². The van der Waals surface area contributed by atoms with Gasteiger partial charge in [-0.2, -0.15) is 0 Å². The van der Waals surface area contributed by atoms with Crippen LogP contribution in [0.25, 0.3) is 10.9 Å². The van der Waals surface area contributed by atoms with Crippen LogP contribution < -0.4 is 11.2 Å². The maximum Gasteiger partial charge on any atom is 0.263 e. The number of fused-ring (bicyclic) bond motifs is 1. The smallest absolute Gasteiger partial charge is 0.263 e. The zero-order valence-corrected chi connectivity index (χ0v) is 17.0. The number of benzene rings is 2. The topological polar surface area (TPSA) is 54.0 Å². The molecule has 1 aliphatic heterocycles. The summed E-state index contributed by atoms with van der Waals surface area (Å²) in [6, 6.07) is 12.8. The van der Waals surface area contributed by atoms with Gasteiger partial charge in [0.15, 0.2) is 0 Å². The average molecular weight is 417 g/mol. The summed E-state index contributed by atoms with van der Waals surface area (Å²) in [6.45, 7) is 4.05. The van der Waals surface area contributed by atoms with E-state index in [2.05, 4.69) is 4.90 Å². The summed E-state index contributed by atoms with van der Waals surface area (Å²) in [5.74, 6) is 0. The Kier molecular flexibility index (Phi) is 5.58. The first-order valence-corrected chi connectivity index (χ1v) is 10.2. The van der Waals surface area contributed by atoms with E-state index in [1.54, 1.807) is 12.1 Å². The van der Waals surface area contributed by atoms with Crippen LogP contribution >= 0.6 is 23.2 Å². The van der Waals surface area contributed by atoms with E-state index >= 15 is 0 Å². The molecule has 7 heteroatoms. The molecule has 1 fully saturated rings. The van der Waals surface area contributed by atoms with Gasteiger partial charge in [0, 0.05) is 13.1 Å². The van der Waals surface area contributed by atoms with Gasteiger partial charge in [-0.05, 0) is 55.8 Å². The predicted molar refractivity (Wildman–Crippen MR) is 113 cm³/mol. The molecule has 1 aromatic heterocycles. The largest absolute Gasteiger partial charge is 0.310 e. The van der Waals surface area contributed by atoms with E-state index in [-0.39, 0.29) is 17.7 Å². The lowest BCUT2D eigenvalue weighted by Crippen LogP contribution is -2.42.